The lowest BCUT2D eigenvalue weighted by Crippen LogP contribution is -2.58. The van der Waals surface area contributed by atoms with E-state index in [0.29, 0.717) is 5.54 Å². The first kappa shape index (κ1) is 13.3. The van der Waals surface area contributed by atoms with E-state index in [2.05, 4.69) is 37.2 Å². The highest BCUT2D eigenvalue weighted by molar-refractivity contribution is 7.99. The van der Waals surface area contributed by atoms with Gasteiger partial charge in [-0.25, -0.2) is 0 Å². The van der Waals surface area contributed by atoms with Crippen LogP contribution in [0.2, 0.25) is 0 Å². The van der Waals surface area contributed by atoms with Crippen LogP contribution in [-0.4, -0.2) is 48.1 Å². The van der Waals surface area contributed by atoms with Crippen LogP contribution in [0.5, 0.6) is 0 Å². The Kier molecular flexibility index (Phi) is 5.44. The third-order valence-corrected chi connectivity index (χ3v) is 4.63. The van der Waals surface area contributed by atoms with Gasteiger partial charge in [-0.3, -0.25) is 0 Å². The molecule has 0 aromatic heterocycles. The number of nitrogens with zero attached hydrogens (tertiary/aromatic N) is 1. The van der Waals surface area contributed by atoms with Crippen LogP contribution >= 0.6 is 11.8 Å². The minimum absolute atomic E-state index is 0.348. The normalized spacial score (nSPS) is 30.4. The van der Waals surface area contributed by atoms with E-state index in [1.165, 1.54) is 32.5 Å². The Morgan fingerprint density at radius 2 is 2.27 bits per heavy atom. The fraction of sp³-hybridized carbons (Fsp3) is 1.00. The average Bonchev–Trinajstić information content (AvgIpc) is 2.26. The second kappa shape index (κ2) is 6.12. The third-order valence-electron chi connectivity index (χ3n) is 3.59. The molecule has 2 unspecified atom stereocenters. The Hall–Kier alpha value is 0.270. The van der Waals surface area contributed by atoms with Gasteiger partial charge >= 0.3 is 0 Å². The van der Waals surface area contributed by atoms with E-state index in [9.17, 15) is 0 Å². The molecule has 1 fully saturated rings. The standard InChI is InChI=1S/C12H26N2S/c1-5-12(3)10-14(9-7-13-12)8-6-11(2)15-4/h11,13H,5-10H2,1-4H3. The van der Waals surface area contributed by atoms with Crippen molar-refractivity contribution in [3.8, 4) is 0 Å². The van der Waals surface area contributed by atoms with Gasteiger partial charge in [-0.05, 0) is 32.6 Å². The Balaban J connectivity index is 2.30. The summed E-state index contributed by atoms with van der Waals surface area (Å²) >= 11 is 1.98. The summed E-state index contributed by atoms with van der Waals surface area (Å²) in [4.78, 5) is 2.62. The maximum atomic E-state index is 3.63. The molecule has 0 spiro atoms. The Bertz CT molecular complexity index is 186. The topological polar surface area (TPSA) is 15.3 Å². The lowest BCUT2D eigenvalue weighted by atomic mass is 9.96. The summed E-state index contributed by atoms with van der Waals surface area (Å²) in [5.74, 6) is 0. The number of hydrogen-bond donors (Lipinski definition) is 1. The Labute approximate surface area is 99.2 Å². The first-order chi connectivity index (χ1) is 7.09. The maximum Gasteiger partial charge on any atom is 0.0278 e. The monoisotopic (exact) mass is 230 g/mol. The molecule has 90 valence electrons. The summed E-state index contributed by atoms with van der Waals surface area (Å²) in [6.07, 6.45) is 4.75. The van der Waals surface area contributed by atoms with Crippen LogP contribution in [0.1, 0.15) is 33.6 Å². The molecular weight excluding hydrogens is 204 g/mol. The largest absolute Gasteiger partial charge is 0.309 e. The Morgan fingerprint density at radius 3 is 2.87 bits per heavy atom. The van der Waals surface area contributed by atoms with Crippen LogP contribution in [0.4, 0.5) is 0 Å². The minimum Gasteiger partial charge on any atom is -0.309 e. The van der Waals surface area contributed by atoms with Gasteiger partial charge in [-0.2, -0.15) is 11.8 Å². The molecule has 0 aromatic carbocycles. The zero-order chi connectivity index (χ0) is 11.3. The lowest BCUT2D eigenvalue weighted by Gasteiger charge is -2.41. The molecule has 1 heterocycles. The Morgan fingerprint density at radius 1 is 1.53 bits per heavy atom. The van der Waals surface area contributed by atoms with Gasteiger partial charge in [-0.1, -0.05) is 13.8 Å². The first-order valence-corrected chi connectivity index (χ1v) is 7.38. The predicted octanol–water partition coefficient (Wildman–Crippen LogP) is 2.20. The highest BCUT2D eigenvalue weighted by atomic mass is 32.2. The molecule has 0 aromatic rings. The number of nitrogens with one attached hydrogen (secondary N) is 1. The van der Waals surface area contributed by atoms with Crippen LogP contribution in [0, 0.1) is 0 Å². The molecule has 1 aliphatic heterocycles. The van der Waals surface area contributed by atoms with Crippen molar-refractivity contribution in [3.63, 3.8) is 0 Å². The molecule has 1 saturated heterocycles. The molecule has 0 aliphatic carbocycles. The van der Waals surface area contributed by atoms with Crippen LogP contribution in [0.3, 0.4) is 0 Å². The SMILES string of the molecule is CCC1(C)CN(CCC(C)SC)CCN1. The van der Waals surface area contributed by atoms with Crippen molar-refractivity contribution in [2.75, 3.05) is 32.4 Å². The van der Waals surface area contributed by atoms with Crippen molar-refractivity contribution in [1.29, 1.82) is 0 Å². The summed E-state index contributed by atoms with van der Waals surface area (Å²) < 4.78 is 0. The summed E-state index contributed by atoms with van der Waals surface area (Å²) in [6.45, 7) is 11.8. The van der Waals surface area contributed by atoms with Crippen LogP contribution < -0.4 is 5.32 Å². The molecule has 2 atom stereocenters. The smallest absolute Gasteiger partial charge is 0.0278 e. The summed E-state index contributed by atoms with van der Waals surface area (Å²) in [6, 6.07) is 0. The van der Waals surface area contributed by atoms with Crippen molar-refractivity contribution in [1.82, 2.24) is 10.2 Å². The molecule has 3 heteroatoms. The average molecular weight is 230 g/mol. The maximum absolute atomic E-state index is 3.63. The van der Waals surface area contributed by atoms with Gasteiger partial charge in [0.2, 0.25) is 0 Å². The van der Waals surface area contributed by atoms with Crippen LogP contribution in [0.25, 0.3) is 0 Å². The molecule has 0 saturated carbocycles. The fourth-order valence-corrected chi connectivity index (χ4v) is 2.40. The van der Waals surface area contributed by atoms with E-state index in [1.807, 2.05) is 11.8 Å². The molecule has 15 heavy (non-hydrogen) atoms. The second-order valence-electron chi connectivity index (χ2n) is 4.95. The van der Waals surface area contributed by atoms with Gasteiger partial charge < -0.3 is 10.2 Å². The van der Waals surface area contributed by atoms with E-state index in [0.717, 1.165) is 11.8 Å². The fourth-order valence-electron chi connectivity index (χ4n) is 2.05. The zero-order valence-electron chi connectivity index (χ0n) is 10.7. The van der Waals surface area contributed by atoms with Gasteiger partial charge in [0.25, 0.3) is 0 Å². The molecule has 1 N–H and O–H groups in total. The summed E-state index contributed by atoms with van der Waals surface area (Å²) in [5.41, 5.74) is 0.348. The van der Waals surface area contributed by atoms with Crippen molar-refractivity contribution in [2.24, 2.45) is 0 Å². The van der Waals surface area contributed by atoms with Gasteiger partial charge in [0.15, 0.2) is 0 Å². The van der Waals surface area contributed by atoms with E-state index >= 15 is 0 Å². The number of hydrogen-bond acceptors (Lipinski definition) is 3. The molecule has 0 radical (unpaired) electrons. The molecule has 1 rings (SSSR count). The number of piperazine rings is 1. The highest BCUT2D eigenvalue weighted by Gasteiger charge is 2.28. The second-order valence-corrected chi connectivity index (χ2v) is 6.23. The molecule has 1 aliphatic rings. The molecule has 2 nitrogen and oxygen atoms in total. The lowest BCUT2D eigenvalue weighted by molar-refractivity contribution is 0.139. The predicted molar refractivity (Wildman–Crippen MR) is 70.7 cm³/mol. The van der Waals surface area contributed by atoms with E-state index < -0.39 is 0 Å². The van der Waals surface area contributed by atoms with Gasteiger partial charge in [0.1, 0.15) is 0 Å². The van der Waals surface area contributed by atoms with Crippen LogP contribution in [0.15, 0.2) is 0 Å². The number of rotatable bonds is 5. The van der Waals surface area contributed by atoms with Crippen molar-refractivity contribution in [3.05, 3.63) is 0 Å². The van der Waals surface area contributed by atoms with E-state index in [1.54, 1.807) is 0 Å². The molecular formula is C12H26N2S. The quantitative estimate of drug-likeness (QED) is 0.779. The van der Waals surface area contributed by atoms with Gasteiger partial charge in [-0.15, -0.1) is 0 Å². The van der Waals surface area contributed by atoms with Crippen LogP contribution in [-0.2, 0) is 0 Å². The van der Waals surface area contributed by atoms with Crippen molar-refractivity contribution < 1.29 is 0 Å². The first-order valence-electron chi connectivity index (χ1n) is 6.10. The molecule has 0 amide bonds. The van der Waals surface area contributed by atoms with E-state index in [4.69, 9.17) is 0 Å². The highest BCUT2D eigenvalue weighted by Crippen LogP contribution is 2.17. The minimum atomic E-state index is 0.348. The molecule has 0 bridgehead atoms. The van der Waals surface area contributed by atoms with E-state index in [-0.39, 0.29) is 0 Å². The zero-order valence-corrected chi connectivity index (χ0v) is 11.5. The van der Waals surface area contributed by atoms with Crippen molar-refractivity contribution in [2.45, 2.75) is 44.4 Å². The van der Waals surface area contributed by atoms with Crippen molar-refractivity contribution >= 4 is 11.8 Å². The third kappa shape index (κ3) is 4.33. The number of thioether (sulfide) groups is 1. The summed E-state index contributed by atoms with van der Waals surface area (Å²) in [7, 11) is 0. The van der Waals surface area contributed by atoms with Gasteiger partial charge in [0, 0.05) is 30.4 Å². The van der Waals surface area contributed by atoms with Gasteiger partial charge in [0.05, 0.1) is 0 Å². The summed E-state index contributed by atoms with van der Waals surface area (Å²) in [5, 5.41) is 4.43.